The summed E-state index contributed by atoms with van der Waals surface area (Å²) in [4.78, 5) is 6.94. The molecule has 0 unspecified atom stereocenters. The molecule has 24 heavy (non-hydrogen) atoms. The van der Waals surface area contributed by atoms with Gasteiger partial charge in [0.2, 0.25) is 0 Å². The van der Waals surface area contributed by atoms with E-state index in [1.807, 2.05) is 0 Å². The van der Waals surface area contributed by atoms with Gasteiger partial charge in [0, 0.05) is 20.0 Å². The maximum atomic E-state index is 6.17. The number of likely N-dealkylation sites (N-methyl/N-ethyl adjacent to an activating group) is 1. The second-order valence-electron chi connectivity index (χ2n) is 7.98. The molecular weight excluding hydrogens is 301 g/mol. The topological polar surface area (TPSA) is 39.5 Å². The fourth-order valence-corrected chi connectivity index (χ4v) is 2.93. The number of hydrogen-bond acceptors (Lipinski definition) is 4. The molecule has 130 valence electrons. The van der Waals surface area contributed by atoms with Crippen molar-refractivity contribution < 1.29 is 9.31 Å². The van der Waals surface area contributed by atoms with Gasteiger partial charge in [0.05, 0.1) is 22.2 Å². The van der Waals surface area contributed by atoms with E-state index >= 15 is 0 Å². The summed E-state index contributed by atoms with van der Waals surface area (Å²) in [5, 5.41) is 0. The van der Waals surface area contributed by atoms with Gasteiger partial charge in [-0.05, 0) is 59.4 Å². The van der Waals surface area contributed by atoms with Crippen LogP contribution in [0.5, 0.6) is 0 Å². The van der Waals surface area contributed by atoms with Crippen LogP contribution in [0.25, 0.3) is 11.0 Å². The van der Waals surface area contributed by atoms with Crippen LogP contribution < -0.4 is 5.46 Å². The van der Waals surface area contributed by atoms with Gasteiger partial charge in [0.15, 0.2) is 0 Å². The Morgan fingerprint density at radius 1 is 1.12 bits per heavy atom. The Labute approximate surface area is 145 Å². The van der Waals surface area contributed by atoms with Crippen LogP contribution in [0.3, 0.4) is 0 Å². The molecule has 1 aromatic carbocycles. The minimum absolute atomic E-state index is 0.323. The van der Waals surface area contributed by atoms with Crippen molar-refractivity contribution in [2.24, 2.45) is 7.05 Å². The van der Waals surface area contributed by atoms with E-state index in [1.54, 1.807) is 0 Å². The number of nitrogens with zero attached hydrogens (tertiary/aromatic N) is 3. The van der Waals surface area contributed by atoms with Crippen LogP contribution in [0, 0.1) is 0 Å². The Hall–Kier alpha value is -1.37. The third kappa shape index (κ3) is 2.98. The van der Waals surface area contributed by atoms with Crippen molar-refractivity contribution in [1.29, 1.82) is 0 Å². The Bertz CT molecular complexity index is 736. The number of aromatic nitrogens is 2. The largest absolute Gasteiger partial charge is 0.494 e. The van der Waals surface area contributed by atoms with Crippen molar-refractivity contribution in [2.45, 2.75) is 45.3 Å². The van der Waals surface area contributed by atoms with E-state index in [4.69, 9.17) is 14.3 Å². The Morgan fingerprint density at radius 2 is 1.75 bits per heavy atom. The van der Waals surface area contributed by atoms with Crippen LogP contribution >= 0.6 is 0 Å². The summed E-state index contributed by atoms with van der Waals surface area (Å²) < 4.78 is 14.5. The summed E-state index contributed by atoms with van der Waals surface area (Å²) in [6.45, 7) is 9.30. The molecule has 1 aliphatic rings. The molecule has 3 rings (SSSR count). The normalized spacial score (nSPS) is 19.6. The van der Waals surface area contributed by atoms with Crippen molar-refractivity contribution in [3.8, 4) is 0 Å². The molecule has 0 saturated carbocycles. The fraction of sp³-hybridized carbons (Fsp3) is 0.611. The Balaban J connectivity index is 1.91. The third-order valence-corrected chi connectivity index (χ3v) is 5.31. The molecule has 1 saturated heterocycles. The van der Waals surface area contributed by atoms with Crippen molar-refractivity contribution in [2.75, 3.05) is 20.6 Å². The molecule has 6 heteroatoms. The minimum Gasteiger partial charge on any atom is -0.399 e. The molecule has 1 aliphatic heterocycles. The third-order valence-electron chi connectivity index (χ3n) is 5.31. The molecule has 1 fully saturated rings. The number of fused-ring (bicyclic) bond motifs is 1. The lowest BCUT2D eigenvalue weighted by molar-refractivity contribution is 0.00578. The molecule has 0 amide bonds. The second kappa shape index (κ2) is 5.86. The monoisotopic (exact) mass is 329 g/mol. The minimum atomic E-state index is -0.334. The Morgan fingerprint density at radius 3 is 2.33 bits per heavy atom. The van der Waals surface area contributed by atoms with Gasteiger partial charge < -0.3 is 18.8 Å². The average molecular weight is 329 g/mol. The standard InChI is InChI=1S/C18H28BN3O2/c1-17(2)18(3,4)24-19(23-17)13-8-9-14-15(12-13)22(7)16(20-14)10-11-21(5)6/h8-9,12H,10-11H2,1-7H3. The van der Waals surface area contributed by atoms with Crippen LogP contribution in [0.15, 0.2) is 18.2 Å². The highest BCUT2D eigenvalue weighted by molar-refractivity contribution is 6.62. The Kier molecular flexibility index (Phi) is 4.27. The van der Waals surface area contributed by atoms with Gasteiger partial charge in [-0.2, -0.15) is 0 Å². The highest BCUT2D eigenvalue weighted by atomic mass is 16.7. The van der Waals surface area contributed by atoms with Gasteiger partial charge in [-0.1, -0.05) is 6.07 Å². The maximum Gasteiger partial charge on any atom is 0.494 e. The zero-order valence-electron chi connectivity index (χ0n) is 15.9. The van der Waals surface area contributed by atoms with Crippen molar-refractivity contribution in [3.05, 3.63) is 24.0 Å². The van der Waals surface area contributed by atoms with Crippen LogP contribution in [0.1, 0.15) is 33.5 Å². The lowest BCUT2D eigenvalue weighted by Gasteiger charge is -2.32. The van der Waals surface area contributed by atoms with E-state index in [9.17, 15) is 0 Å². The number of benzene rings is 1. The van der Waals surface area contributed by atoms with Gasteiger partial charge in [0.25, 0.3) is 0 Å². The summed E-state index contributed by atoms with van der Waals surface area (Å²) in [6.07, 6.45) is 0.935. The molecule has 2 heterocycles. The molecule has 0 N–H and O–H groups in total. The van der Waals surface area contributed by atoms with Crippen LogP contribution in [0.2, 0.25) is 0 Å². The highest BCUT2D eigenvalue weighted by Crippen LogP contribution is 2.36. The number of imidazole rings is 1. The van der Waals surface area contributed by atoms with Crippen LogP contribution in [-0.2, 0) is 22.8 Å². The van der Waals surface area contributed by atoms with E-state index in [-0.39, 0.29) is 18.3 Å². The number of aryl methyl sites for hydroxylation is 1. The van der Waals surface area contributed by atoms with E-state index < -0.39 is 0 Å². The molecule has 0 spiro atoms. The van der Waals surface area contributed by atoms with Crippen molar-refractivity contribution in [1.82, 2.24) is 14.5 Å². The second-order valence-corrected chi connectivity index (χ2v) is 7.98. The van der Waals surface area contributed by atoms with Gasteiger partial charge in [-0.3, -0.25) is 0 Å². The van der Waals surface area contributed by atoms with E-state index in [1.165, 1.54) is 0 Å². The molecule has 5 nitrogen and oxygen atoms in total. The lowest BCUT2D eigenvalue weighted by Crippen LogP contribution is -2.41. The van der Waals surface area contributed by atoms with Gasteiger partial charge in [-0.25, -0.2) is 4.98 Å². The summed E-state index contributed by atoms with van der Waals surface area (Å²) in [5.74, 6) is 1.10. The number of rotatable bonds is 4. The van der Waals surface area contributed by atoms with E-state index in [2.05, 4.69) is 76.5 Å². The maximum absolute atomic E-state index is 6.17. The quantitative estimate of drug-likeness (QED) is 0.804. The van der Waals surface area contributed by atoms with Crippen LogP contribution in [0.4, 0.5) is 0 Å². The zero-order chi connectivity index (χ0) is 17.7. The summed E-state index contributed by atoms with van der Waals surface area (Å²) >= 11 is 0. The zero-order valence-corrected chi connectivity index (χ0v) is 15.9. The number of hydrogen-bond donors (Lipinski definition) is 0. The first-order valence-electron chi connectivity index (χ1n) is 8.56. The lowest BCUT2D eigenvalue weighted by atomic mass is 9.79. The fourth-order valence-electron chi connectivity index (χ4n) is 2.93. The van der Waals surface area contributed by atoms with Gasteiger partial charge >= 0.3 is 7.12 Å². The highest BCUT2D eigenvalue weighted by Gasteiger charge is 2.51. The molecule has 0 bridgehead atoms. The smallest absolute Gasteiger partial charge is 0.399 e. The first-order valence-corrected chi connectivity index (χ1v) is 8.56. The van der Waals surface area contributed by atoms with E-state index in [0.717, 1.165) is 35.3 Å². The molecule has 1 aromatic heterocycles. The molecular formula is C18H28BN3O2. The van der Waals surface area contributed by atoms with Gasteiger partial charge in [0.1, 0.15) is 5.82 Å². The van der Waals surface area contributed by atoms with Crippen molar-refractivity contribution >= 4 is 23.6 Å². The summed E-state index contributed by atoms with van der Waals surface area (Å²) in [5.41, 5.74) is 2.54. The van der Waals surface area contributed by atoms with E-state index in [0.29, 0.717) is 0 Å². The summed E-state index contributed by atoms with van der Waals surface area (Å²) in [7, 11) is 5.91. The predicted molar refractivity (Wildman–Crippen MR) is 98.7 cm³/mol. The first-order chi connectivity index (χ1) is 11.1. The molecule has 2 aromatic rings. The van der Waals surface area contributed by atoms with Crippen LogP contribution in [-0.4, -0.2) is 53.4 Å². The SMILES string of the molecule is CN(C)CCc1nc2ccc(B3OC(C)(C)C(C)(C)O3)cc2n1C. The predicted octanol–water partition coefficient (Wildman–Crippen LogP) is 1.98. The first kappa shape index (κ1) is 17.5. The average Bonchev–Trinajstić information content (AvgIpc) is 2.90. The molecule has 0 radical (unpaired) electrons. The van der Waals surface area contributed by atoms with Gasteiger partial charge in [-0.15, -0.1) is 0 Å². The summed E-state index contributed by atoms with van der Waals surface area (Å²) in [6, 6.07) is 6.27. The van der Waals surface area contributed by atoms with Crippen molar-refractivity contribution in [3.63, 3.8) is 0 Å². The molecule has 0 aliphatic carbocycles. The molecule has 0 atom stereocenters.